The number of amides is 1. The van der Waals surface area contributed by atoms with Gasteiger partial charge >= 0.3 is 5.91 Å². The first kappa shape index (κ1) is 18.8. The van der Waals surface area contributed by atoms with E-state index in [1.165, 1.54) is 0 Å². The number of ether oxygens (including phenoxy) is 2. The number of hydrogen-bond donors (Lipinski definition) is 2. The monoisotopic (exact) mass is 305 g/mol. The van der Waals surface area contributed by atoms with Crippen LogP contribution >= 0.6 is 12.2 Å². The van der Waals surface area contributed by atoms with Crippen molar-refractivity contribution in [1.82, 2.24) is 15.8 Å². The Kier molecular flexibility index (Phi) is 9.87. The molecule has 0 aromatic rings. The molecule has 0 aromatic heterocycles. The summed E-state index contributed by atoms with van der Waals surface area (Å²) in [5, 5.41) is 4.02. The molecular formula is C12H23N3O4S. The van der Waals surface area contributed by atoms with E-state index in [1.54, 1.807) is 14.0 Å². The van der Waals surface area contributed by atoms with Gasteiger partial charge in [0.15, 0.2) is 11.4 Å². The lowest BCUT2D eigenvalue weighted by atomic mass is 10.3. The summed E-state index contributed by atoms with van der Waals surface area (Å²) in [5.74, 6) is -1.18. The molecule has 0 bridgehead atoms. The van der Waals surface area contributed by atoms with Gasteiger partial charge in [-0.3, -0.25) is 15.0 Å². The van der Waals surface area contributed by atoms with Crippen LogP contribution in [0.1, 0.15) is 27.2 Å². The number of rotatable bonds is 8. The standard InChI is InChI=1S/C12H23N3O4S/c1-5-9(16)11(17)15(14-12(20)13-4)8-10(18-6-2)19-7-3/h10H,5-8H2,1-4H3,(H2,13,14,20). The summed E-state index contributed by atoms with van der Waals surface area (Å²) in [6, 6.07) is 0. The van der Waals surface area contributed by atoms with E-state index in [-0.39, 0.29) is 18.1 Å². The van der Waals surface area contributed by atoms with E-state index in [9.17, 15) is 9.59 Å². The second-order valence-corrected chi connectivity index (χ2v) is 4.13. The zero-order valence-corrected chi connectivity index (χ0v) is 13.2. The third kappa shape index (κ3) is 6.78. The van der Waals surface area contributed by atoms with Gasteiger partial charge in [0.2, 0.25) is 5.78 Å². The summed E-state index contributed by atoms with van der Waals surface area (Å²) in [6.07, 6.45) is -0.497. The molecule has 0 fully saturated rings. The van der Waals surface area contributed by atoms with Gasteiger partial charge in [0.25, 0.3) is 0 Å². The summed E-state index contributed by atoms with van der Waals surface area (Å²) in [7, 11) is 1.61. The molecule has 20 heavy (non-hydrogen) atoms. The Morgan fingerprint density at radius 2 is 1.75 bits per heavy atom. The third-order valence-corrected chi connectivity index (χ3v) is 2.60. The van der Waals surface area contributed by atoms with Crippen LogP contribution in [0.15, 0.2) is 0 Å². The number of nitrogens with one attached hydrogen (secondary N) is 2. The van der Waals surface area contributed by atoms with Crippen LogP contribution in [0.5, 0.6) is 0 Å². The molecule has 0 atom stereocenters. The highest BCUT2D eigenvalue weighted by molar-refractivity contribution is 7.80. The van der Waals surface area contributed by atoms with Gasteiger partial charge in [-0.1, -0.05) is 6.92 Å². The zero-order chi connectivity index (χ0) is 15.5. The Hall–Kier alpha value is -1.25. The van der Waals surface area contributed by atoms with Gasteiger partial charge in [-0.2, -0.15) is 0 Å². The average Bonchev–Trinajstić information content (AvgIpc) is 2.45. The lowest BCUT2D eigenvalue weighted by Gasteiger charge is -2.27. The molecule has 8 heteroatoms. The Labute approximate surface area is 124 Å². The van der Waals surface area contributed by atoms with Gasteiger partial charge in [-0.25, -0.2) is 5.01 Å². The van der Waals surface area contributed by atoms with Crippen molar-refractivity contribution in [2.45, 2.75) is 33.5 Å². The number of nitrogens with zero attached hydrogens (tertiary/aromatic N) is 1. The topological polar surface area (TPSA) is 79.9 Å². The fraction of sp³-hybridized carbons (Fsp3) is 0.750. The van der Waals surface area contributed by atoms with Gasteiger partial charge in [-0.05, 0) is 26.1 Å². The third-order valence-electron chi connectivity index (χ3n) is 2.31. The number of hydrogen-bond acceptors (Lipinski definition) is 5. The van der Waals surface area contributed by atoms with Gasteiger partial charge in [0.1, 0.15) is 0 Å². The molecule has 0 saturated carbocycles. The number of Topliss-reactive ketones (excluding diaryl/α,β-unsaturated/α-hetero) is 1. The summed E-state index contributed by atoms with van der Waals surface area (Å²) < 4.78 is 10.7. The molecule has 0 rings (SSSR count). The smallest absolute Gasteiger partial charge is 0.308 e. The maximum absolute atomic E-state index is 12.0. The van der Waals surface area contributed by atoms with Crippen LogP contribution in [0, 0.1) is 0 Å². The Balaban J connectivity index is 4.85. The maximum Gasteiger partial charge on any atom is 0.308 e. The molecule has 0 heterocycles. The van der Waals surface area contributed by atoms with E-state index >= 15 is 0 Å². The molecule has 0 saturated heterocycles. The minimum atomic E-state index is -0.672. The molecule has 7 nitrogen and oxygen atoms in total. The van der Waals surface area contributed by atoms with Crippen molar-refractivity contribution in [3.8, 4) is 0 Å². The highest BCUT2D eigenvalue weighted by atomic mass is 32.1. The Morgan fingerprint density at radius 3 is 2.15 bits per heavy atom. The lowest BCUT2D eigenvalue weighted by Crippen LogP contribution is -2.54. The van der Waals surface area contributed by atoms with Crippen LogP contribution in [-0.4, -0.2) is 54.9 Å². The number of carbonyl (C=O) groups excluding carboxylic acids is 2. The van der Waals surface area contributed by atoms with Crippen LogP contribution in [0.25, 0.3) is 0 Å². The maximum atomic E-state index is 12.0. The zero-order valence-electron chi connectivity index (χ0n) is 12.4. The highest BCUT2D eigenvalue weighted by Crippen LogP contribution is 2.00. The molecule has 0 radical (unpaired) electrons. The molecule has 1 amide bonds. The summed E-state index contributed by atoms with van der Waals surface area (Å²) in [6.45, 7) is 6.20. The predicted octanol–water partition coefficient (Wildman–Crippen LogP) is 0.202. The van der Waals surface area contributed by atoms with Crippen LogP contribution in [0.2, 0.25) is 0 Å². The number of hydrazine groups is 1. The second kappa shape index (κ2) is 10.5. The Bertz CT molecular complexity index is 333. The van der Waals surface area contributed by atoms with Crippen LogP contribution in [0.3, 0.4) is 0 Å². The molecular weight excluding hydrogens is 282 g/mol. The van der Waals surface area contributed by atoms with E-state index in [1.807, 2.05) is 13.8 Å². The molecule has 0 unspecified atom stereocenters. The minimum Gasteiger partial charge on any atom is -0.364 e. The van der Waals surface area contributed by atoms with Crippen LogP contribution < -0.4 is 10.7 Å². The predicted molar refractivity (Wildman–Crippen MR) is 78.8 cm³/mol. The van der Waals surface area contributed by atoms with E-state index in [2.05, 4.69) is 10.7 Å². The van der Waals surface area contributed by atoms with Gasteiger partial charge < -0.3 is 14.8 Å². The molecule has 0 aliphatic rings. The minimum absolute atomic E-state index is 0.0636. The SMILES string of the molecule is CCOC(CN(NC(=S)NC)C(=O)C(=O)CC)OCC. The molecule has 0 aliphatic heterocycles. The van der Waals surface area contributed by atoms with Crippen molar-refractivity contribution < 1.29 is 19.1 Å². The lowest BCUT2D eigenvalue weighted by molar-refractivity contribution is -0.164. The van der Waals surface area contributed by atoms with Crippen molar-refractivity contribution >= 4 is 29.0 Å². The Morgan fingerprint density at radius 1 is 1.20 bits per heavy atom. The molecule has 0 aliphatic carbocycles. The van der Waals surface area contributed by atoms with Crippen molar-refractivity contribution in [3.63, 3.8) is 0 Å². The van der Waals surface area contributed by atoms with Crippen LogP contribution in [0.4, 0.5) is 0 Å². The fourth-order valence-electron chi connectivity index (χ4n) is 1.33. The first-order valence-electron chi connectivity index (χ1n) is 6.56. The van der Waals surface area contributed by atoms with E-state index in [0.717, 1.165) is 5.01 Å². The molecule has 2 N–H and O–H groups in total. The van der Waals surface area contributed by atoms with Crippen molar-refractivity contribution in [3.05, 3.63) is 0 Å². The summed E-state index contributed by atoms with van der Waals surface area (Å²) in [5.41, 5.74) is 2.65. The van der Waals surface area contributed by atoms with E-state index in [0.29, 0.717) is 13.2 Å². The number of ketones is 1. The highest BCUT2D eigenvalue weighted by Gasteiger charge is 2.24. The molecule has 0 aromatic carbocycles. The number of thiocarbonyl (C=S) groups is 1. The first-order chi connectivity index (χ1) is 9.49. The average molecular weight is 305 g/mol. The quantitative estimate of drug-likeness (QED) is 0.287. The normalized spacial score (nSPS) is 10.2. The van der Waals surface area contributed by atoms with Crippen molar-refractivity contribution in [2.75, 3.05) is 26.8 Å². The second-order valence-electron chi connectivity index (χ2n) is 3.72. The van der Waals surface area contributed by atoms with Gasteiger partial charge in [0.05, 0.1) is 6.54 Å². The van der Waals surface area contributed by atoms with Crippen molar-refractivity contribution in [1.29, 1.82) is 0 Å². The fourth-order valence-corrected chi connectivity index (χ4v) is 1.44. The van der Waals surface area contributed by atoms with Crippen molar-refractivity contribution in [2.24, 2.45) is 0 Å². The van der Waals surface area contributed by atoms with Gasteiger partial charge in [0, 0.05) is 26.7 Å². The summed E-state index contributed by atoms with van der Waals surface area (Å²) in [4.78, 5) is 23.5. The molecule has 116 valence electrons. The van der Waals surface area contributed by atoms with Gasteiger partial charge in [-0.15, -0.1) is 0 Å². The van der Waals surface area contributed by atoms with E-state index in [4.69, 9.17) is 21.7 Å². The first-order valence-corrected chi connectivity index (χ1v) is 6.97. The summed E-state index contributed by atoms with van der Waals surface area (Å²) >= 11 is 4.95. The number of carbonyl (C=O) groups is 2. The van der Waals surface area contributed by atoms with E-state index < -0.39 is 18.0 Å². The molecule has 0 spiro atoms. The largest absolute Gasteiger partial charge is 0.364 e. The van der Waals surface area contributed by atoms with Crippen LogP contribution in [-0.2, 0) is 19.1 Å².